The van der Waals surface area contributed by atoms with Gasteiger partial charge in [0.2, 0.25) is 0 Å². The van der Waals surface area contributed by atoms with Crippen molar-refractivity contribution in [1.82, 2.24) is 4.98 Å². The van der Waals surface area contributed by atoms with E-state index in [1.807, 2.05) is 48.5 Å². The fourth-order valence-corrected chi connectivity index (χ4v) is 2.69. The van der Waals surface area contributed by atoms with Crippen molar-refractivity contribution >= 4 is 35.1 Å². The lowest BCUT2D eigenvalue weighted by atomic mass is 10.2. The van der Waals surface area contributed by atoms with E-state index in [-0.39, 0.29) is 0 Å². The van der Waals surface area contributed by atoms with E-state index in [1.165, 1.54) is 5.56 Å². The van der Waals surface area contributed by atoms with Gasteiger partial charge < -0.3 is 0 Å². The summed E-state index contributed by atoms with van der Waals surface area (Å²) in [6, 6.07) is 18.0. The van der Waals surface area contributed by atoms with E-state index >= 15 is 0 Å². The van der Waals surface area contributed by atoms with Crippen LogP contribution in [-0.2, 0) is 0 Å². The van der Waals surface area contributed by atoms with Crippen molar-refractivity contribution in [2.24, 2.45) is 0 Å². The molecule has 3 aromatic rings. The molecule has 0 saturated heterocycles. The second-order valence-corrected chi connectivity index (χ2v) is 5.65. The summed E-state index contributed by atoms with van der Waals surface area (Å²) >= 11 is 7.53. The Morgan fingerprint density at radius 1 is 0.900 bits per heavy atom. The Kier molecular flexibility index (Phi) is 3.95. The topological polar surface area (TPSA) is 12.9 Å². The zero-order valence-corrected chi connectivity index (χ0v) is 12.2. The van der Waals surface area contributed by atoms with Crippen LogP contribution in [0, 0.1) is 0 Å². The highest BCUT2D eigenvalue weighted by Crippen LogP contribution is 2.24. The summed E-state index contributed by atoms with van der Waals surface area (Å²) in [6.45, 7) is 0. The SMILES string of the molecule is Clc1ccc(-c2csc(/C=C/c3ccccc3)n2)cc1. The maximum atomic E-state index is 5.89. The average Bonchev–Trinajstić information content (AvgIpc) is 2.96. The Morgan fingerprint density at radius 2 is 1.65 bits per heavy atom. The molecule has 3 heteroatoms. The van der Waals surface area contributed by atoms with Gasteiger partial charge in [0.25, 0.3) is 0 Å². The highest BCUT2D eigenvalue weighted by molar-refractivity contribution is 7.10. The summed E-state index contributed by atoms with van der Waals surface area (Å²) in [5.74, 6) is 0. The third kappa shape index (κ3) is 3.16. The molecule has 0 spiro atoms. The fourth-order valence-electron chi connectivity index (χ4n) is 1.85. The van der Waals surface area contributed by atoms with Gasteiger partial charge in [-0.15, -0.1) is 11.3 Å². The van der Waals surface area contributed by atoms with Crippen LogP contribution < -0.4 is 0 Å². The third-order valence-corrected chi connectivity index (χ3v) is 3.94. The van der Waals surface area contributed by atoms with Crippen LogP contribution in [0.5, 0.6) is 0 Å². The Morgan fingerprint density at radius 3 is 2.40 bits per heavy atom. The maximum Gasteiger partial charge on any atom is 0.116 e. The van der Waals surface area contributed by atoms with Crippen molar-refractivity contribution in [1.29, 1.82) is 0 Å². The first-order valence-corrected chi connectivity index (χ1v) is 7.52. The molecule has 0 radical (unpaired) electrons. The van der Waals surface area contributed by atoms with Gasteiger partial charge in [0.15, 0.2) is 0 Å². The van der Waals surface area contributed by atoms with Crippen LogP contribution in [0.3, 0.4) is 0 Å². The Hall–Kier alpha value is -1.90. The molecule has 0 amide bonds. The lowest BCUT2D eigenvalue weighted by Crippen LogP contribution is -1.77. The van der Waals surface area contributed by atoms with E-state index in [0.29, 0.717) is 0 Å². The number of nitrogens with zero attached hydrogens (tertiary/aromatic N) is 1. The number of halogens is 1. The summed E-state index contributed by atoms with van der Waals surface area (Å²) in [7, 11) is 0. The van der Waals surface area contributed by atoms with Crippen molar-refractivity contribution in [3.05, 3.63) is 75.6 Å². The highest BCUT2D eigenvalue weighted by Gasteiger charge is 2.02. The molecule has 0 atom stereocenters. The first-order valence-electron chi connectivity index (χ1n) is 6.26. The van der Waals surface area contributed by atoms with Gasteiger partial charge in [-0.3, -0.25) is 0 Å². The summed E-state index contributed by atoms with van der Waals surface area (Å²) < 4.78 is 0. The number of rotatable bonds is 3. The smallest absolute Gasteiger partial charge is 0.116 e. The zero-order chi connectivity index (χ0) is 13.8. The summed E-state index contributed by atoms with van der Waals surface area (Å²) in [5, 5.41) is 3.81. The Balaban J connectivity index is 1.80. The Bertz CT molecular complexity index is 714. The van der Waals surface area contributed by atoms with E-state index in [1.54, 1.807) is 11.3 Å². The first-order chi connectivity index (χ1) is 9.81. The molecule has 98 valence electrons. The monoisotopic (exact) mass is 297 g/mol. The van der Waals surface area contributed by atoms with Gasteiger partial charge in [-0.1, -0.05) is 60.1 Å². The fraction of sp³-hybridized carbons (Fsp3) is 0. The molecule has 1 nitrogen and oxygen atoms in total. The van der Waals surface area contributed by atoms with Gasteiger partial charge in [0.05, 0.1) is 5.69 Å². The molecular formula is C17H12ClNS. The van der Waals surface area contributed by atoms with Crippen LogP contribution in [-0.4, -0.2) is 4.98 Å². The maximum absolute atomic E-state index is 5.89. The molecule has 0 unspecified atom stereocenters. The van der Waals surface area contributed by atoms with Crippen molar-refractivity contribution in [3.63, 3.8) is 0 Å². The van der Waals surface area contributed by atoms with E-state index in [0.717, 1.165) is 21.3 Å². The molecule has 3 rings (SSSR count). The minimum absolute atomic E-state index is 0.744. The van der Waals surface area contributed by atoms with Crippen LogP contribution in [0.4, 0.5) is 0 Å². The van der Waals surface area contributed by atoms with Gasteiger partial charge in [-0.05, 0) is 23.8 Å². The number of hydrogen-bond donors (Lipinski definition) is 0. The predicted octanol–water partition coefficient (Wildman–Crippen LogP) is 5.63. The van der Waals surface area contributed by atoms with Gasteiger partial charge >= 0.3 is 0 Å². The van der Waals surface area contributed by atoms with Crippen molar-refractivity contribution in [3.8, 4) is 11.3 Å². The molecule has 0 aliphatic carbocycles. The van der Waals surface area contributed by atoms with Crippen LogP contribution in [0.15, 0.2) is 60.0 Å². The Labute approximate surface area is 127 Å². The van der Waals surface area contributed by atoms with Gasteiger partial charge in [0, 0.05) is 16.0 Å². The second-order valence-electron chi connectivity index (χ2n) is 4.32. The summed E-state index contributed by atoms with van der Waals surface area (Å²) in [4.78, 5) is 4.61. The van der Waals surface area contributed by atoms with Gasteiger partial charge in [-0.2, -0.15) is 0 Å². The molecule has 0 aliphatic rings. The van der Waals surface area contributed by atoms with Crippen LogP contribution in [0.25, 0.3) is 23.4 Å². The van der Waals surface area contributed by atoms with Crippen molar-refractivity contribution in [2.45, 2.75) is 0 Å². The van der Waals surface area contributed by atoms with Crippen molar-refractivity contribution in [2.75, 3.05) is 0 Å². The molecule has 0 saturated carbocycles. The third-order valence-electron chi connectivity index (χ3n) is 2.88. The molecule has 0 N–H and O–H groups in total. The molecule has 0 aliphatic heterocycles. The number of hydrogen-bond acceptors (Lipinski definition) is 2. The lowest BCUT2D eigenvalue weighted by molar-refractivity contribution is 1.38. The highest BCUT2D eigenvalue weighted by atomic mass is 35.5. The van der Waals surface area contributed by atoms with E-state index in [9.17, 15) is 0 Å². The van der Waals surface area contributed by atoms with Gasteiger partial charge in [-0.25, -0.2) is 4.98 Å². The predicted molar refractivity (Wildman–Crippen MR) is 87.9 cm³/mol. The van der Waals surface area contributed by atoms with Crippen LogP contribution in [0.2, 0.25) is 5.02 Å². The molecule has 20 heavy (non-hydrogen) atoms. The largest absolute Gasteiger partial charge is 0.237 e. The van der Waals surface area contributed by atoms with Crippen LogP contribution in [0.1, 0.15) is 10.6 Å². The number of aromatic nitrogens is 1. The lowest BCUT2D eigenvalue weighted by Gasteiger charge is -1.95. The molecule has 1 aromatic heterocycles. The molecule has 2 aromatic carbocycles. The van der Waals surface area contributed by atoms with Crippen molar-refractivity contribution < 1.29 is 0 Å². The van der Waals surface area contributed by atoms with Gasteiger partial charge in [0.1, 0.15) is 5.01 Å². The molecule has 0 bridgehead atoms. The zero-order valence-electron chi connectivity index (χ0n) is 10.7. The first kappa shape index (κ1) is 13.1. The molecular weight excluding hydrogens is 286 g/mol. The normalized spacial score (nSPS) is 11.1. The molecule has 0 fully saturated rings. The van der Waals surface area contributed by atoms with E-state index < -0.39 is 0 Å². The minimum Gasteiger partial charge on any atom is -0.237 e. The number of benzene rings is 2. The second kappa shape index (κ2) is 6.04. The molecule has 1 heterocycles. The number of thiazole rings is 1. The van der Waals surface area contributed by atoms with E-state index in [4.69, 9.17) is 11.6 Å². The summed E-state index contributed by atoms with van der Waals surface area (Å²) in [6.07, 6.45) is 4.11. The summed E-state index contributed by atoms with van der Waals surface area (Å²) in [5.41, 5.74) is 3.25. The quantitative estimate of drug-likeness (QED) is 0.610. The average molecular weight is 298 g/mol. The minimum atomic E-state index is 0.744. The van der Waals surface area contributed by atoms with E-state index in [2.05, 4.69) is 28.6 Å². The van der Waals surface area contributed by atoms with Crippen LogP contribution >= 0.6 is 22.9 Å². The standard InChI is InChI=1S/C17H12ClNS/c18-15-9-7-14(8-10-15)16-12-20-17(19-16)11-6-13-4-2-1-3-5-13/h1-12H/b11-6+.